The molecular formula is C21H27N3O3. The van der Waals surface area contributed by atoms with E-state index in [9.17, 15) is 14.4 Å². The van der Waals surface area contributed by atoms with Crippen LogP contribution >= 0.6 is 0 Å². The van der Waals surface area contributed by atoms with Crippen molar-refractivity contribution < 1.29 is 14.4 Å². The van der Waals surface area contributed by atoms with Gasteiger partial charge in [-0.2, -0.15) is 0 Å². The Labute approximate surface area is 160 Å². The molecule has 1 saturated carbocycles. The van der Waals surface area contributed by atoms with Crippen LogP contribution in [0.1, 0.15) is 59.2 Å². The molecule has 2 fully saturated rings. The molecule has 0 unspecified atom stereocenters. The third kappa shape index (κ3) is 3.16. The van der Waals surface area contributed by atoms with Crippen LogP contribution in [0.15, 0.2) is 24.3 Å². The van der Waals surface area contributed by atoms with Crippen molar-refractivity contribution in [2.75, 3.05) is 33.2 Å². The summed E-state index contributed by atoms with van der Waals surface area (Å²) in [6.07, 6.45) is 5.45. The molecule has 1 aliphatic carbocycles. The Morgan fingerprint density at radius 3 is 2.30 bits per heavy atom. The number of amides is 3. The van der Waals surface area contributed by atoms with E-state index >= 15 is 0 Å². The zero-order chi connectivity index (χ0) is 19.0. The van der Waals surface area contributed by atoms with Crippen LogP contribution in [0.3, 0.4) is 0 Å². The van der Waals surface area contributed by atoms with Crippen LogP contribution in [0.2, 0.25) is 0 Å². The highest BCUT2D eigenvalue weighted by molar-refractivity contribution is 6.21. The Hall–Kier alpha value is -2.21. The minimum absolute atomic E-state index is 0.000394. The molecule has 144 valence electrons. The normalized spacial score (nSPS) is 22.0. The minimum atomic E-state index is -0.241. The van der Waals surface area contributed by atoms with E-state index in [2.05, 4.69) is 16.8 Å². The molecule has 2 aliphatic heterocycles. The SMILES string of the molecule is CN1CCN(C(=O)CCCN2C(=O)c3ccccc3C2=O)C2(CCCC2)C1. The number of fused-ring (bicyclic) bond motifs is 1. The first-order valence-corrected chi connectivity index (χ1v) is 9.96. The number of nitrogens with zero attached hydrogens (tertiary/aromatic N) is 3. The maximum Gasteiger partial charge on any atom is 0.261 e. The summed E-state index contributed by atoms with van der Waals surface area (Å²) in [6.45, 7) is 2.95. The van der Waals surface area contributed by atoms with E-state index in [0.717, 1.165) is 32.5 Å². The lowest BCUT2D eigenvalue weighted by molar-refractivity contribution is -0.141. The zero-order valence-corrected chi connectivity index (χ0v) is 15.9. The van der Waals surface area contributed by atoms with Gasteiger partial charge < -0.3 is 9.80 Å². The Morgan fingerprint density at radius 2 is 1.67 bits per heavy atom. The minimum Gasteiger partial charge on any atom is -0.334 e. The highest BCUT2D eigenvalue weighted by atomic mass is 16.2. The largest absolute Gasteiger partial charge is 0.334 e. The van der Waals surface area contributed by atoms with Crippen molar-refractivity contribution in [2.24, 2.45) is 0 Å². The van der Waals surface area contributed by atoms with E-state index in [0.29, 0.717) is 30.5 Å². The highest BCUT2D eigenvalue weighted by Gasteiger charge is 2.44. The predicted molar refractivity (Wildman–Crippen MR) is 101 cm³/mol. The highest BCUT2D eigenvalue weighted by Crippen LogP contribution is 2.38. The van der Waals surface area contributed by atoms with E-state index in [4.69, 9.17) is 0 Å². The number of benzene rings is 1. The molecular weight excluding hydrogens is 342 g/mol. The molecule has 3 amide bonds. The molecule has 0 aromatic heterocycles. The molecule has 3 aliphatic rings. The van der Waals surface area contributed by atoms with Gasteiger partial charge >= 0.3 is 0 Å². The number of hydrogen-bond acceptors (Lipinski definition) is 4. The van der Waals surface area contributed by atoms with E-state index in [1.807, 2.05) is 0 Å². The fourth-order valence-corrected chi connectivity index (χ4v) is 4.99. The third-order valence-corrected chi connectivity index (χ3v) is 6.33. The maximum atomic E-state index is 12.9. The molecule has 1 saturated heterocycles. The van der Waals surface area contributed by atoms with E-state index < -0.39 is 0 Å². The standard InChI is InChI=1S/C21H27N3O3/c1-22-13-14-24(21(15-22)10-4-5-11-21)18(25)9-6-12-23-19(26)16-7-2-3-8-17(16)20(23)27/h2-3,7-8H,4-6,9-15H2,1H3. The Kier molecular flexibility index (Phi) is 4.76. The molecule has 1 aromatic carbocycles. The van der Waals surface area contributed by atoms with Crippen molar-refractivity contribution >= 4 is 17.7 Å². The second-order valence-electron chi connectivity index (χ2n) is 8.13. The number of imide groups is 1. The number of rotatable bonds is 4. The first-order valence-electron chi connectivity index (χ1n) is 9.96. The van der Waals surface area contributed by atoms with Crippen molar-refractivity contribution in [3.63, 3.8) is 0 Å². The first kappa shape index (κ1) is 18.2. The number of likely N-dealkylation sites (N-methyl/N-ethyl adjacent to an activating group) is 1. The summed E-state index contributed by atoms with van der Waals surface area (Å²) in [6, 6.07) is 6.92. The molecule has 6 nitrogen and oxygen atoms in total. The van der Waals surface area contributed by atoms with Crippen molar-refractivity contribution in [2.45, 2.75) is 44.1 Å². The van der Waals surface area contributed by atoms with Gasteiger partial charge in [0.1, 0.15) is 0 Å². The smallest absolute Gasteiger partial charge is 0.261 e. The van der Waals surface area contributed by atoms with Crippen molar-refractivity contribution in [3.05, 3.63) is 35.4 Å². The summed E-state index contributed by atoms with van der Waals surface area (Å²) in [4.78, 5) is 43.5. The fourth-order valence-electron chi connectivity index (χ4n) is 4.99. The van der Waals surface area contributed by atoms with Gasteiger partial charge in [0.2, 0.25) is 5.91 Å². The topological polar surface area (TPSA) is 60.9 Å². The van der Waals surface area contributed by atoms with Crippen LogP contribution in [0.4, 0.5) is 0 Å². The lowest BCUT2D eigenvalue weighted by atomic mass is 9.91. The Balaban J connectivity index is 1.36. The van der Waals surface area contributed by atoms with Crippen LogP contribution in [-0.4, -0.2) is 71.2 Å². The molecule has 27 heavy (non-hydrogen) atoms. The molecule has 1 spiro atoms. The lowest BCUT2D eigenvalue weighted by Gasteiger charge is -2.48. The van der Waals surface area contributed by atoms with Crippen LogP contribution in [0, 0.1) is 0 Å². The van der Waals surface area contributed by atoms with Gasteiger partial charge in [0.05, 0.1) is 16.7 Å². The summed E-state index contributed by atoms with van der Waals surface area (Å²) in [5.74, 6) is -0.313. The van der Waals surface area contributed by atoms with Gasteiger partial charge in [-0.15, -0.1) is 0 Å². The molecule has 0 N–H and O–H groups in total. The average molecular weight is 369 g/mol. The molecule has 6 heteroatoms. The predicted octanol–water partition coefficient (Wildman–Crippen LogP) is 2.15. The van der Waals surface area contributed by atoms with Crippen LogP contribution in [-0.2, 0) is 4.79 Å². The molecule has 1 aromatic rings. The third-order valence-electron chi connectivity index (χ3n) is 6.33. The maximum absolute atomic E-state index is 12.9. The van der Waals surface area contributed by atoms with Gasteiger partial charge in [0.15, 0.2) is 0 Å². The number of carbonyl (C=O) groups excluding carboxylic acids is 3. The number of hydrogen-bond donors (Lipinski definition) is 0. The lowest BCUT2D eigenvalue weighted by Crippen LogP contribution is -2.62. The van der Waals surface area contributed by atoms with Crippen molar-refractivity contribution in [1.29, 1.82) is 0 Å². The van der Waals surface area contributed by atoms with Crippen LogP contribution in [0.25, 0.3) is 0 Å². The zero-order valence-electron chi connectivity index (χ0n) is 15.9. The van der Waals surface area contributed by atoms with E-state index in [1.165, 1.54) is 17.7 Å². The average Bonchev–Trinajstić information content (AvgIpc) is 3.20. The summed E-state index contributed by atoms with van der Waals surface area (Å²) in [5.41, 5.74) is 0.940. The van der Waals surface area contributed by atoms with Crippen LogP contribution < -0.4 is 0 Å². The summed E-state index contributed by atoms with van der Waals surface area (Å²) in [7, 11) is 2.13. The monoisotopic (exact) mass is 369 g/mol. The summed E-state index contributed by atoms with van der Waals surface area (Å²) in [5, 5.41) is 0. The number of piperazine rings is 1. The fraction of sp³-hybridized carbons (Fsp3) is 0.571. The Bertz CT molecular complexity index is 735. The van der Waals surface area contributed by atoms with Crippen molar-refractivity contribution in [3.8, 4) is 0 Å². The second-order valence-corrected chi connectivity index (χ2v) is 8.13. The molecule has 0 atom stereocenters. The van der Waals surface area contributed by atoms with Gasteiger partial charge in [0.25, 0.3) is 11.8 Å². The quantitative estimate of drug-likeness (QED) is 0.763. The van der Waals surface area contributed by atoms with Gasteiger partial charge in [0, 0.05) is 32.6 Å². The molecule has 2 heterocycles. The van der Waals surface area contributed by atoms with E-state index in [-0.39, 0.29) is 23.3 Å². The van der Waals surface area contributed by atoms with Gasteiger partial charge in [-0.3, -0.25) is 19.3 Å². The van der Waals surface area contributed by atoms with Crippen LogP contribution in [0.5, 0.6) is 0 Å². The van der Waals surface area contributed by atoms with Gasteiger partial charge in [-0.25, -0.2) is 0 Å². The van der Waals surface area contributed by atoms with Gasteiger partial charge in [-0.05, 0) is 38.4 Å². The molecule has 0 bridgehead atoms. The van der Waals surface area contributed by atoms with Gasteiger partial charge in [-0.1, -0.05) is 25.0 Å². The molecule has 4 rings (SSSR count). The number of carbonyl (C=O) groups is 3. The molecule has 0 radical (unpaired) electrons. The Morgan fingerprint density at radius 1 is 1.04 bits per heavy atom. The second kappa shape index (κ2) is 7.08. The first-order chi connectivity index (χ1) is 13.0. The van der Waals surface area contributed by atoms with Crippen molar-refractivity contribution in [1.82, 2.24) is 14.7 Å². The summed E-state index contributed by atoms with van der Waals surface area (Å²) < 4.78 is 0. The summed E-state index contributed by atoms with van der Waals surface area (Å²) >= 11 is 0. The van der Waals surface area contributed by atoms with E-state index in [1.54, 1.807) is 24.3 Å².